The summed E-state index contributed by atoms with van der Waals surface area (Å²) >= 11 is 1.82. The van der Waals surface area contributed by atoms with Crippen molar-refractivity contribution in [1.82, 2.24) is 10.6 Å². The number of aryl methyl sites for hydroxylation is 1. The fourth-order valence-corrected chi connectivity index (χ4v) is 2.13. The van der Waals surface area contributed by atoms with Crippen molar-refractivity contribution in [2.75, 3.05) is 13.6 Å². The maximum Gasteiger partial charge on any atom is 0.192 e. The predicted octanol–water partition coefficient (Wildman–Crippen LogP) is 2.23. The maximum absolute atomic E-state index is 5.17. The van der Waals surface area contributed by atoms with Gasteiger partial charge in [-0.25, -0.2) is 0 Å². The van der Waals surface area contributed by atoms with Crippen LogP contribution in [0.25, 0.3) is 0 Å². The molecule has 0 bridgehead atoms. The molecule has 0 saturated carbocycles. The molecule has 0 unspecified atom stereocenters. The van der Waals surface area contributed by atoms with Crippen LogP contribution in [0.5, 0.6) is 0 Å². The van der Waals surface area contributed by atoms with Gasteiger partial charge >= 0.3 is 0 Å². The first-order valence-electron chi connectivity index (χ1n) is 5.25. The van der Waals surface area contributed by atoms with Gasteiger partial charge in [-0.2, -0.15) is 0 Å². The van der Waals surface area contributed by atoms with Gasteiger partial charge in [-0.3, -0.25) is 4.99 Å². The molecule has 0 spiro atoms. The fourth-order valence-electron chi connectivity index (χ4n) is 1.23. The number of halogens is 1. The molecule has 0 aliphatic heterocycles. The van der Waals surface area contributed by atoms with Crippen molar-refractivity contribution < 1.29 is 0 Å². The van der Waals surface area contributed by atoms with Crippen molar-refractivity contribution in [3.63, 3.8) is 0 Å². The van der Waals surface area contributed by atoms with E-state index in [-0.39, 0.29) is 24.0 Å². The third kappa shape index (κ3) is 5.94. The van der Waals surface area contributed by atoms with Crippen LogP contribution in [0.15, 0.2) is 17.1 Å². The third-order valence-corrected chi connectivity index (χ3v) is 3.31. The van der Waals surface area contributed by atoms with Crippen LogP contribution in [0.1, 0.15) is 16.7 Å². The normalized spacial score (nSPS) is 10.3. The van der Waals surface area contributed by atoms with Gasteiger partial charge in [0.05, 0.1) is 13.1 Å². The number of hydrogen-bond acceptors (Lipinski definition) is 2. The van der Waals surface area contributed by atoms with E-state index >= 15 is 0 Å². The molecule has 0 fully saturated rings. The van der Waals surface area contributed by atoms with E-state index < -0.39 is 0 Å². The third-order valence-electron chi connectivity index (χ3n) is 2.08. The van der Waals surface area contributed by atoms with E-state index in [0.29, 0.717) is 6.54 Å². The lowest BCUT2D eigenvalue weighted by molar-refractivity contribution is 0.862. The molecular formula is C12H18IN3S. The van der Waals surface area contributed by atoms with E-state index in [1.165, 1.54) is 9.75 Å². The van der Waals surface area contributed by atoms with Crippen molar-refractivity contribution >= 4 is 41.3 Å². The molecule has 0 aliphatic carbocycles. The molecule has 0 radical (unpaired) electrons. The average Bonchev–Trinajstić information content (AvgIpc) is 2.77. The number of hydrogen-bond donors (Lipinski definition) is 2. The Balaban J connectivity index is 0.00000256. The Bertz CT molecular complexity index is 393. The van der Waals surface area contributed by atoms with E-state index in [9.17, 15) is 0 Å². The molecule has 2 N–H and O–H groups in total. The number of nitrogens with one attached hydrogen (secondary N) is 2. The number of rotatable bonds is 4. The molecule has 0 aromatic carbocycles. The minimum absolute atomic E-state index is 0. The van der Waals surface area contributed by atoms with E-state index in [4.69, 9.17) is 6.42 Å². The highest BCUT2D eigenvalue weighted by atomic mass is 127. The summed E-state index contributed by atoms with van der Waals surface area (Å²) in [6.45, 7) is 3.44. The average molecular weight is 363 g/mol. The van der Waals surface area contributed by atoms with E-state index in [1.54, 1.807) is 7.05 Å². The Kier molecular flexibility index (Phi) is 8.90. The smallest absolute Gasteiger partial charge is 0.192 e. The topological polar surface area (TPSA) is 36.4 Å². The zero-order valence-corrected chi connectivity index (χ0v) is 13.3. The fraction of sp³-hybridized carbons (Fsp3) is 0.417. The second-order valence-electron chi connectivity index (χ2n) is 3.21. The van der Waals surface area contributed by atoms with Crippen LogP contribution in [-0.4, -0.2) is 19.6 Å². The standard InChI is InChI=1S/C12H17N3S.HI/c1-4-8-14-12(13-3)15-9-11-7-6-10(5-2)16-11;/h1,6-7H,5,8-9H2,2-3H3,(H2,13,14,15);1H. The van der Waals surface area contributed by atoms with Gasteiger partial charge in [0.2, 0.25) is 0 Å². The van der Waals surface area contributed by atoms with Gasteiger partial charge in [0, 0.05) is 16.8 Å². The van der Waals surface area contributed by atoms with Gasteiger partial charge < -0.3 is 10.6 Å². The predicted molar refractivity (Wildman–Crippen MR) is 86.1 cm³/mol. The van der Waals surface area contributed by atoms with Crippen molar-refractivity contribution in [3.05, 3.63) is 21.9 Å². The molecule has 17 heavy (non-hydrogen) atoms. The first-order chi connectivity index (χ1) is 7.80. The van der Waals surface area contributed by atoms with Gasteiger partial charge in [-0.1, -0.05) is 12.8 Å². The molecule has 94 valence electrons. The molecule has 3 nitrogen and oxygen atoms in total. The molecule has 1 aromatic rings. The van der Waals surface area contributed by atoms with Crippen LogP contribution in [0.4, 0.5) is 0 Å². The van der Waals surface area contributed by atoms with Gasteiger partial charge in [0.1, 0.15) is 0 Å². The van der Waals surface area contributed by atoms with Crippen LogP contribution < -0.4 is 10.6 Å². The lowest BCUT2D eigenvalue weighted by Crippen LogP contribution is -2.36. The highest BCUT2D eigenvalue weighted by Gasteiger charge is 2.00. The Morgan fingerprint density at radius 1 is 1.41 bits per heavy atom. The molecule has 1 heterocycles. The first-order valence-corrected chi connectivity index (χ1v) is 6.07. The monoisotopic (exact) mass is 363 g/mol. The van der Waals surface area contributed by atoms with Crippen molar-refractivity contribution in [2.45, 2.75) is 19.9 Å². The molecule has 1 aromatic heterocycles. The van der Waals surface area contributed by atoms with E-state index in [1.807, 2.05) is 11.3 Å². The Hall–Kier alpha value is -0.740. The zero-order valence-electron chi connectivity index (χ0n) is 10.1. The number of nitrogens with zero attached hydrogens (tertiary/aromatic N) is 1. The summed E-state index contributed by atoms with van der Waals surface area (Å²) in [5.74, 6) is 3.25. The van der Waals surface area contributed by atoms with Gasteiger partial charge in [-0.15, -0.1) is 41.7 Å². The summed E-state index contributed by atoms with van der Waals surface area (Å²) in [6.07, 6.45) is 6.26. The number of guanidine groups is 1. The van der Waals surface area contributed by atoms with E-state index in [0.717, 1.165) is 18.9 Å². The summed E-state index contributed by atoms with van der Waals surface area (Å²) in [5.41, 5.74) is 0. The van der Waals surface area contributed by atoms with E-state index in [2.05, 4.69) is 40.6 Å². The van der Waals surface area contributed by atoms with Crippen molar-refractivity contribution in [2.24, 2.45) is 4.99 Å². The number of thiophene rings is 1. The minimum atomic E-state index is 0. The van der Waals surface area contributed by atoms with Crippen LogP contribution in [0, 0.1) is 12.3 Å². The summed E-state index contributed by atoms with van der Waals surface area (Å²) in [4.78, 5) is 6.78. The Morgan fingerprint density at radius 3 is 2.65 bits per heavy atom. The molecular weight excluding hydrogens is 345 g/mol. The van der Waals surface area contributed by atoms with Crippen molar-refractivity contribution in [1.29, 1.82) is 0 Å². The molecule has 0 saturated heterocycles. The Labute approximate surface area is 124 Å². The first kappa shape index (κ1) is 16.3. The lowest BCUT2D eigenvalue weighted by Gasteiger charge is -2.08. The quantitative estimate of drug-likeness (QED) is 0.373. The zero-order chi connectivity index (χ0) is 11.8. The second kappa shape index (κ2) is 9.31. The lowest BCUT2D eigenvalue weighted by atomic mass is 10.4. The minimum Gasteiger partial charge on any atom is -0.352 e. The maximum atomic E-state index is 5.17. The molecule has 0 atom stereocenters. The van der Waals surface area contributed by atoms with Crippen LogP contribution >= 0.6 is 35.3 Å². The summed E-state index contributed by atoms with van der Waals surface area (Å²) in [7, 11) is 1.73. The van der Waals surface area contributed by atoms with Crippen molar-refractivity contribution in [3.8, 4) is 12.3 Å². The molecule has 0 aliphatic rings. The summed E-state index contributed by atoms with van der Waals surface area (Å²) in [5, 5.41) is 6.23. The SMILES string of the molecule is C#CCNC(=NC)NCc1ccc(CC)s1.I. The highest BCUT2D eigenvalue weighted by Crippen LogP contribution is 2.16. The summed E-state index contributed by atoms with van der Waals surface area (Å²) < 4.78 is 0. The van der Waals surface area contributed by atoms with Gasteiger partial charge in [-0.05, 0) is 18.6 Å². The number of aliphatic imine (C=N–C) groups is 1. The van der Waals surface area contributed by atoms with Crippen LogP contribution in [-0.2, 0) is 13.0 Å². The van der Waals surface area contributed by atoms with Gasteiger partial charge in [0.25, 0.3) is 0 Å². The number of terminal acetylenes is 1. The molecule has 1 rings (SSSR count). The largest absolute Gasteiger partial charge is 0.352 e. The molecule has 0 amide bonds. The van der Waals surface area contributed by atoms with Crippen LogP contribution in [0.2, 0.25) is 0 Å². The highest BCUT2D eigenvalue weighted by molar-refractivity contribution is 14.0. The summed E-state index contributed by atoms with van der Waals surface area (Å²) in [6, 6.07) is 4.31. The second-order valence-corrected chi connectivity index (χ2v) is 4.46. The van der Waals surface area contributed by atoms with Crippen LogP contribution in [0.3, 0.4) is 0 Å². The van der Waals surface area contributed by atoms with Gasteiger partial charge in [0.15, 0.2) is 5.96 Å². The Morgan fingerprint density at radius 2 is 2.12 bits per heavy atom. The molecule has 5 heteroatoms.